The summed E-state index contributed by atoms with van der Waals surface area (Å²) in [7, 11) is 0. The Balaban J connectivity index is 0.810. The maximum absolute atomic E-state index is 12.6. The van der Waals surface area contributed by atoms with E-state index in [1.165, 1.54) is 17.0 Å². The molecule has 1 amide bonds. The summed E-state index contributed by atoms with van der Waals surface area (Å²) in [6.07, 6.45) is 0.785. The van der Waals surface area contributed by atoms with Crippen molar-refractivity contribution in [2.24, 2.45) is 0 Å². The maximum atomic E-state index is 12.6. The third-order valence-corrected chi connectivity index (χ3v) is 11.4. The number of ether oxygens (including phenoxy) is 12. The van der Waals surface area contributed by atoms with Crippen LogP contribution in [0.15, 0.2) is 40.2 Å². The standard InChI is InChI=1S/C44H68I2N6O16/c1-3-51(7-6-47-43(55)38-30-48-37-28-34(45)4-5-36(37)49-38)8-9-57-10-11-58-12-13-59-14-15-60-16-17-61-18-19-62-20-21-63-22-23-64-24-25-65-26-27-66-33(2)67-39-29-41(68-40(39)32-53)52-31-35(46)42(54)50-44(52)56/h4-5,28,30-31,33,39-41,53H,3,6-27,29,32H2,1-2H3,(H,47,55)(H,50,54,56)/t33?,39-,40+,41+/m0/s1/i46-2. The third kappa shape index (κ3) is 23.7. The number of aliphatic hydroxyl groups excluding tert-OH is 1. The van der Waals surface area contributed by atoms with Crippen molar-refractivity contribution in [2.45, 2.75) is 45.0 Å². The Kier molecular flexibility index (Phi) is 30.5. The van der Waals surface area contributed by atoms with Crippen LogP contribution in [0.25, 0.3) is 11.0 Å². The van der Waals surface area contributed by atoms with Gasteiger partial charge in [0.25, 0.3) is 11.5 Å². The zero-order valence-corrected chi connectivity index (χ0v) is 43.3. The molecular weight excluding hydrogens is 1120 g/mol. The number of aliphatic hydroxyl groups is 1. The molecule has 1 fully saturated rings. The van der Waals surface area contributed by atoms with E-state index in [9.17, 15) is 19.5 Å². The van der Waals surface area contributed by atoms with Gasteiger partial charge in [-0.25, -0.2) is 9.78 Å². The highest BCUT2D eigenvalue weighted by molar-refractivity contribution is 14.1. The first kappa shape index (κ1) is 58.2. The lowest BCUT2D eigenvalue weighted by Crippen LogP contribution is -2.37. The first-order valence-corrected chi connectivity index (χ1v) is 25.0. The molecule has 3 heterocycles. The Morgan fingerprint density at radius 2 is 1.37 bits per heavy atom. The van der Waals surface area contributed by atoms with Crippen LogP contribution in [0.2, 0.25) is 0 Å². The minimum Gasteiger partial charge on any atom is -0.394 e. The van der Waals surface area contributed by atoms with Crippen molar-refractivity contribution in [2.75, 3.05) is 158 Å². The second-order valence-electron chi connectivity index (χ2n) is 14.9. The highest BCUT2D eigenvalue weighted by Gasteiger charge is 2.38. The normalized spacial score (nSPS) is 16.6. The minimum atomic E-state index is -0.688. The number of aromatic nitrogens is 4. The molecule has 2 aromatic heterocycles. The van der Waals surface area contributed by atoms with E-state index in [1.54, 1.807) is 6.92 Å². The molecule has 0 saturated carbocycles. The van der Waals surface area contributed by atoms with E-state index >= 15 is 0 Å². The fourth-order valence-electron chi connectivity index (χ4n) is 6.41. The molecule has 4 atom stereocenters. The van der Waals surface area contributed by atoms with E-state index in [2.05, 4.69) is 54.7 Å². The van der Waals surface area contributed by atoms with Crippen LogP contribution in [0.4, 0.5) is 0 Å². The summed E-state index contributed by atoms with van der Waals surface area (Å²) in [4.78, 5) is 49.7. The van der Waals surface area contributed by atoms with Gasteiger partial charge in [-0.2, -0.15) is 0 Å². The van der Waals surface area contributed by atoms with E-state index in [1.807, 2.05) is 40.8 Å². The van der Waals surface area contributed by atoms with Crippen LogP contribution < -0.4 is 16.6 Å². The second kappa shape index (κ2) is 35.7. The predicted octanol–water partition coefficient (Wildman–Crippen LogP) is 1.62. The number of benzene rings is 1. The van der Waals surface area contributed by atoms with E-state index in [-0.39, 0.29) is 19.1 Å². The molecule has 0 bridgehead atoms. The van der Waals surface area contributed by atoms with Gasteiger partial charge in [0, 0.05) is 35.8 Å². The Morgan fingerprint density at radius 3 is 1.90 bits per heavy atom. The number of aromatic amines is 1. The number of halogens is 2. The summed E-state index contributed by atoms with van der Waals surface area (Å²) < 4.78 is 70.1. The third-order valence-electron chi connectivity index (χ3n) is 9.97. The summed E-state index contributed by atoms with van der Waals surface area (Å²) >= 11 is 4.06. The van der Waals surface area contributed by atoms with E-state index in [4.69, 9.17) is 56.8 Å². The summed E-state index contributed by atoms with van der Waals surface area (Å²) in [5.74, 6) is -0.237. The molecule has 22 nitrogen and oxygen atoms in total. The van der Waals surface area contributed by atoms with Crippen molar-refractivity contribution in [3.05, 3.63) is 64.3 Å². The number of nitrogens with zero attached hydrogens (tertiary/aromatic N) is 4. The van der Waals surface area contributed by atoms with Gasteiger partial charge >= 0.3 is 5.69 Å². The van der Waals surface area contributed by atoms with Crippen LogP contribution in [0, 0.1) is 7.14 Å². The molecule has 68 heavy (non-hydrogen) atoms. The maximum Gasteiger partial charge on any atom is 0.330 e. The summed E-state index contributed by atoms with van der Waals surface area (Å²) in [5.41, 5.74) is 0.711. The van der Waals surface area contributed by atoms with Crippen molar-refractivity contribution >= 4 is 62.1 Å². The van der Waals surface area contributed by atoms with Gasteiger partial charge in [-0.1, -0.05) is 6.92 Å². The monoisotopic (exact) mass is 1190 g/mol. The zero-order chi connectivity index (χ0) is 48.6. The lowest BCUT2D eigenvalue weighted by Gasteiger charge is -2.21. The molecule has 0 spiro atoms. The van der Waals surface area contributed by atoms with Crippen LogP contribution in [0.1, 0.15) is 37.0 Å². The fourth-order valence-corrected chi connectivity index (χ4v) is 7.32. The van der Waals surface area contributed by atoms with Crippen molar-refractivity contribution in [3.63, 3.8) is 0 Å². The minimum absolute atomic E-state index is 0.237. The van der Waals surface area contributed by atoms with Gasteiger partial charge in [0.05, 0.1) is 159 Å². The quantitative estimate of drug-likeness (QED) is 0.0416. The number of hydrogen-bond acceptors (Lipinski definition) is 19. The molecule has 0 aliphatic carbocycles. The van der Waals surface area contributed by atoms with Crippen LogP contribution in [0.5, 0.6) is 0 Å². The summed E-state index contributed by atoms with van der Waals surface area (Å²) in [5, 5.41) is 12.7. The molecule has 3 aromatic rings. The Labute approximate surface area is 423 Å². The smallest absolute Gasteiger partial charge is 0.330 e. The second-order valence-corrected chi connectivity index (χ2v) is 17.3. The SMILES string of the molecule is CCN(CCNC(=O)c1cnc2cc(I)ccc2n1)CCOCCOCCOCCOCCOCCOCCOCCOCCOCCOC(C)O[C@H]1C[C@H](n2cc([125I])c(=O)[nH]c2=O)O[C@@H]1CO. The molecule has 1 saturated heterocycles. The topological polar surface area (TPSA) is 244 Å². The Morgan fingerprint density at radius 1 is 0.838 bits per heavy atom. The number of carbonyl (C=O) groups is 1. The number of fused-ring (bicyclic) bond motifs is 1. The van der Waals surface area contributed by atoms with E-state index < -0.39 is 36.0 Å². The average molecular weight is 1190 g/mol. The van der Waals surface area contributed by atoms with Gasteiger partial charge in [-0.05, 0) is 76.8 Å². The van der Waals surface area contributed by atoms with Crippen LogP contribution in [0.3, 0.4) is 0 Å². The average Bonchev–Trinajstić information content (AvgIpc) is 3.74. The van der Waals surface area contributed by atoms with Crippen LogP contribution >= 0.6 is 45.2 Å². The molecule has 1 aromatic carbocycles. The van der Waals surface area contributed by atoms with Gasteiger partial charge in [-0.15, -0.1) is 0 Å². The van der Waals surface area contributed by atoms with Gasteiger partial charge in [0.15, 0.2) is 6.29 Å². The molecule has 4 rings (SSSR count). The number of nitrogens with one attached hydrogen (secondary N) is 2. The molecule has 3 N–H and O–H groups in total. The zero-order valence-electron chi connectivity index (χ0n) is 39.0. The molecular formula is C44H68I2N6O16. The number of H-pyrrole nitrogens is 1. The molecule has 1 aliphatic heterocycles. The van der Waals surface area contributed by atoms with Gasteiger partial charge in [-0.3, -0.25) is 29.0 Å². The number of amides is 1. The van der Waals surface area contributed by atoms with Gasteiger partial charge in [0.2, 0.25) is 0 Å². The highest BCUT2D eigenvalue weighted by atomic mass is 127. The summed E-state index contributed by atoms with van der Waals surface area (Å²) in [6.45, 7) is 14.8. The lowest BCUT2D eigenvalue weighted by molar-refractivity contribution is -0.180. The predicted molar refractivity (Wildman–Crippen MR) is 264 cm³/mol. The first-order chi connectivity index (χ1) is 33.2. The van der Waals surface area contributed by atoms with Crippen LogP contribution in [-0.2, 0) is 56.8 Å². The molecule has 384 valence electrons. The van der Waals surface area contributed by atoms with Crippen molar-refractivity contribution in [1.29, 1.82) is 0 Å². The first-order valence-electron chi connectivity index (χ1n) is 22.8. The van der Waals surface area contributed by atoms with E-state index in [0.717, 1.165) is 22.2 Å². The fraction of sp³-hybridized carbons (Fsp3) is 0.705. The molecule has 24 heteroatoms. The molecule has 1 aliphatic rings. The molecule has 1 unspecified atom stereocenters. The van der Waals surface area contributed by atoms with Crippen molar-refractivity contribution in [1.82, 2.24) is 29.7 Å². The van der Waals surface area contributed by atoms with Gasteiger partial charge < -0.3 is 67.3 Å². The van der Waals surface area contributed by atoms with Crippen molar-refractivity contribution in [3.8, 4) is 0 Å². The van der Waals surface area contributed by atoms with Gasteiger partial charge in [0.1, 0.15) is 18.0 Å². The largest absolute Gasteiger partial charge is 0.394 e. The van der Waals surface area contributed by atoms with Crippen LogP contribution in [-0.4, -0.2) is 212 Å². The lowest BCUT2D eigenvalue weighted by atomic mass is 10.2. The number of likely N-dealkylation sites (N-methyl/N-ethyl adjacent to an activating group) is 1. The number of rotatable bonds is 40. The molecule has 0 radical (unpaired) electrons. The Bertz CT molecular complexity index is 1950. The summed E-state index contributed by atoms with van der Waals surface area (Å²) in [6, 6.07) is 5.74. The van der Waals surface area contributed by atoms with E-state index in [0.29, 0.717) is 153 Å². The Hall–Kier alpha value is -2.39. The highest BCUT2D eigenvalue weighted by Crippen LogP contribution is 2.30. The number of carbonyl (C=O) groups excluding carboxylic acids is 1. The van der Waals surface area contributed by atoms with Crippen molar-refractivity contribution < 1.29 is 66.7 Å². The number of hydrogen-bond donors (Lipinski definition) is 3.